The second kappa shape index (κ2) is 9.86. The summed E-state index contributed by atoms with van der Waals surface area (Å²) in [6.45, 7) is 5.64. The van der Waals surface area contributed by atoms with Crippen molar-refractivity contribution < 1.29 is 34.1 Å². The number of carbonyl (C=O) groups excluding carboxylic acids is 2. The van der Waals surface area contributed by atoms with Crippen LogP contribution in [0.3, 0.4) is 0 Å². The Bertz CT molecular complexity index is 1140. The third-order valence-electron chi connectivity index (χ3n) is 5.13. The summed E-state index contributed by atoms with van der Waals surface area (Å²) in [5.74, 6) is -4.60. The summed E-state index contributed by atoms with van der Waals surface area (Å²) in [5, 5.41) is 19.5. The first kappa shape index (κ1) is 24.9. The number of methoxy groups -OCH3 is 2. The van der Waals surface area contributed by atoms with Crippen molar-refractivity contribution in [3.63, 3.8) is 0 Å². The SMILES string of the molecule is CC.COc1cc(OC)c(C(=O)C2c3[nH]c(=O)c(C(=O)O)cc3C(=O)CC2C)c(O)c1Cl. The highest BCUT2D eigenvalue weighted by Crippen LogP contribution is 2.46. The van der Waals surface area contributed by atoms with Crippen LogP contribution in [-0.2, 0) is 0 Å². The van der Waals surface area contributed by atoms with E-state index in [0.29, 0.717) is 0 Å². The number of aromatic nitrogens is 1. The number of phenolic OH excluding ortho intramolecular Hbond substituents is 1. The molecule has 0 saturated carbocycles. The number of ether oxygens (including phenoxy) is 2. The molecule has 0 radical (unpaired) electrons. The Morgan fingerprint density at radius 3 is 2.25 bits per heavy atom. The lowest BCUT2D eigenvalue weighted by atomic mass is 9.74. The Morgan fingerprint density at radius 2 is 1.72 bits per heavy atom. The van der Waals surface area contributed by atoms with Gasteiger partial charge in [-0.25, -0.2) is 4.79 Å². The molecule has 0 aliphatic heterocycles. The zero-order valence-corrected chi connectivity index (χ0v) is 19.0. The number of aromatic carboxylic acids is 1. The highest BCUT2D eigenvalue weighted by atomic mass is 35.5. The number of carbonyl (C=O) groups is 3. The Labute approximate surface area is 188 Å². The topological polar surface area (TPSA) is 143 Å². The van der Waals surface area contributed by atoms with Gasteiger partial charge in [-0.3, -0.25) is 14.4 Å². The first-order valence-corrected chi connectivity index (χ1v) is 10.2. The maximum Gasteiger partial charge on any atom is 0.341 e. The third-order valence-corrected chi connectivity index (χ3v) is 5.49. The monoisotopic (exact) mass is 465 g/mol. The number of rotatable bonds is 5. The van der Waals surface area contributed by atoms with Crippen LogP contribution in [0.1, 0.15) is 69.9 Å². The molecule has 1 aromatic carbocycles. The molecule has 1 heterocycles. The van der Waals surface area contributed by atoms with Crippen molar-refractivity contribution >= 4 is 29.1 Å². The van der Waals surface area contributed by atoms with Gasteiger partial charge in [0.25, 0.3) is 5.56 Å². The van der Waals surface area contributed by atoms with Gasteiger partial charge in [-0.2, -0.15) is 0 Å². The molecule has 1 aliphatic rings. The fourth-order valence-corrected chi connectivity index (χ4v) is 3.90. The van der Waals surface area contributed by atoms with Crippen molar-refractivity contribution in [2.24, 2.45) is 5.92 Å². The number of H-pyrrole nitrogens is 1. The number of fused-ring (bicyclic) bond motifs is 1. The van der Waals surface area contributed by atoms with Gasteiger partial charge in [0.15, 0.2) is 17.3 Å². The van der Waals surface area contributed by atoms with Crippen LogP contribution in [0.2, 0.25) is 5.02 Å². The number of pyridine rings is 1. The van der Waals surface area contributed by atoms with E-state index in [1.165, 1.54) is 20.3 Å². The summed E-state index contributed by atoms with van der Waals surface area (Å²) in [5.41, 5.74) is -1.84. The summed E-state index contributed by atoms with van der Waals surface area (Å²) in [6.07, 6.45) is -0.0541. The van der Waals surface area contributed by atoms with Gasteiger partial charge in [0.2, 0.25) is 0 Å². The van der Waals surface area contributed by atoms with Crippen LogP contribution in [0.5, 0.6) is 17.2 Å². The maximum atomic E-state index is 13.5. The second-order valence-corrected chi connectivity index (χ2v) is 7.29. The van der Waals surface area contributed by atoms with Gasteiger partial charge in [-0.05, 0) is 12.0 Å². The molecule has 0 saturated heterocycles. The largest absolute Gasteiger partial charge is 0.505 e. The lowest BCUT2D eigenvalue weighted by molar-refractivity contribution is 0.0694. The van der Waals surface area contributed by atoms with Crippen LogP contribution < -0.4 is 15.0 Å². The molecule has 1 aromatic heterocycles. The van der Waals surface area contributed by atoms with Crippen LogP contribution in [0, 0.1) is 5.92 Å². The minimum Gasteiger partial charge on any atom is -0.505 e. The average molecular weight is 466 g/mol. The van der Waals surface area contributed by atoms with Crippen molar-refractivity contribution in [2.75, 3.05) is 14.2 Å². The van der Waals surface area contributed by atoms with E-state index >= 15 is 0 Å². The van der Waals surface area contributed by atoms with Crippen LogP contribution in [0.4, 0.5) is 0 Å². The number of phenols is 1. The smallest absolute Gasteiger partial charge is 0.341 e. The normalized spacial score (nSPS) is 17.0. The minimum absolute atomic E-state index is 0.00565. The second-order valence-electron chi connectivity index (χ2n) is 6.91. The summed E-state index contributed by atoms with van der Waals surface area (Å²) >= 11 is 6.09. The van der Waals surface area contributed by atoms with Gasteiger partial charge in [-0.15, -0.1) is 0 Å². The Morgan fingerprint density at radius 1 is 1.12 bits per heavy atom. The summed E-state index contributed by atoms with van der Waals surface area (Å²) in [6, 6.07) is 2.31. The van der Waals surface area contributed by atoms with Crippen molar-refractivity contribution in [1.29, 1.82) is 0 Å². The quantitative estimate of drug-likeness (QED) is 0.567. The van der Waals surface area contributed by atoms with E-state index in [9.17, 15) is 24.3 Å². The Kier molecular flexibility index (Phi) is 7.69. The Balaban J connectivity index is 0.00000176. The maximum absolute atomic E-state index is 13.5. The van der Waals surface area contributed by atoms with E-state index in [-0.39, 0.29) is 39.8 Å². The number of hydrogen-bond donors (Lipinski definition) is 3. The molecule has 0 bridgehead atoms. The molecule has 172 valence electrons. The highest BCUT2D eigenvalue weighted by molar-refractivity contribution is 6.34. The molecule has 3 rings (SSSR count). The number of carboxylic acids is 1. The van der Waals surface area contributed by atoms with Gasteiger partial charge in [0.1, 0.15) is 27.6 Å². The van der Waals surface area contributed by atoms with E-state index in [4.69, 9.17) is 26.2 Å². The summed E-state index contributed by atoms with van der Waals surface area (Å²) in [4.78, 5) is 51.8. The molecule has 10 heteroatoms. The van der Waals surface area contributed by atoms with Crippen molar-refractivity contribution in [3.8, 4) is 17.2 Å². The van der Waals surface area contributed by atoms with Crippen molar-refractivity contribution in [3.05, 3.63) is 49.9 Å². The van der Waals surface area contributed by atoms with Crippen molar-refractivity contribution in [1.82, 2.24) is 4.98 Å². The predicted molar refractivity (Wildman–Crippen MR) is 117 cm³/mol. The highest BCUT2D eigenvalue weighted by Gasteiger charge is 2.40. The molecule has 32 heavy (non-hydrogen) atoms. The number of aromatic hydroxyl groups is 1. The number of carboxylic acid groups (broad SMARTS) is 1. The number of nitrogens with one attached hydrogen (secondary N) is 1. The van der Waals surface area contributed by atoms with Gasteiger partial charge < -0.3 is 24.7 Å². The number of hydrogen-bond acceptors (Lipinski definition) is 7. The van der Waals surface area contributed by atoms with Crippen LogP contribution >= 0.6 is 11.6 Å². The van der Waals surface area contributed by atoms with Crippen molar-refractivity contribution in [2.45, 2.75) is 33.1 Å². The lowest BCUT2D eigenvalue weighted by Crippen LogP contribution is -2.34. The molecule has 0 amide bonds. The molecule has 1 aliphatic carbocycles. The molecule has 2 unspecified atom stereocenters. The number of halogens is 1. The van der Waals surface area contributed by atoms with Crippen LogP contribution in [-0.4, -0.2) is 47.0 Å². The van der Waals surface area contributed by atoms with E-state index in [1.54, 1.807) is 6.92 Å². The molecule has 2 atom stereocenters. The summed E-state index contributed by atoms with van der Waals surface area (Å²) in [7, 11) is 2.62. The zero-order chi connectivity index (χ0) is 24.3. The fraction of sp³-hybridized carbons (Fsp3) is 0.364. The van der Waals surface area contributed by atoms with E-state index < -0.39 is 46.2 Å². The summed E-state index contributed by atoms with van der Waals surface area (Å²) < 4.78 is 10.3. The van der Waals surface area contributed by atoms with Gasteiger partial charge in [0.05, 0.1) is 20.1 Å². The number of ketones is 2. The Hall–Kier alpha value is -3.33. The predicted octanol–water partition coefficient (Wildman–Crippen LogP) is 3.66. The van der Waals surface area contributed by atoms with Crippen LogP contribution in [0.25, 0.3) is 0 Å². The van der Waals surface area contributed by atoms with Gasteiger partial charge >= 0.3 is 5.97 Å². The molecule has 9 nitrogen and oxygen atoms in total. The third kappa shape index (κ3) is 4.20. The van der Waals surface area contributed by atoms with Gasteiger partial charge in [-0.1, -0.05) is 32.4 Å². The standard InChI is InChI=1S/C20H18ClNO8.C2H6/c1-7-4-10(23)8-5-9(20(27)28)19(26)22-16(8)13(7)17(24)14-11(29-2)6-12(30-3)15(21)18(14)25;1-2/h5-7,13,25H,4H2,1-3H3,(H,22,26)(H,27,28);1-2H3. The number of aromatic amines is 1. The van der Waals surface area contributed by atoms with E-state index in [1.807, 2.05) is 13.8 Å². The molecule has 3 N–H and O–H groups in total. The number of Topliss-reactive ketones (excluding diaryl/α,β-unsaturated/α-hetero) is 2. The lowest BCUT2D eigenvalue weighted by Gasteiger charge is -2.29. The minimum atomic E-state index is -1.49. The average Bonchev–Trinajstić information content (AvgIpc) is 2.75. The van der Waals surface area contributed by atoms with Gasteiger partial charge in [0, 0.05) is 23.7 Å². The molecular formula is C22H24ClNO8. The molecular weight excluding hydrogens is 442 g/mol. The van der Waals surface area contributed by atoms with E-state index in [2.05, 4.69) is 4.98 Å². The van der Waals surface area contributed by atoms with Crippen LogP contribution in [0.15, 0.2) is 16.9 Å². The first-order chi connectivity index (χ1) is 15.1. The molecule has 0 spiro atoms. The molecule has 2 aromatic rings. The fourth-order valence-electron chi connectivity index (χ4n) is 3.67. The van der Waals surface area contributed by atoms with E-state index in [0.717, 1.165) is 6.07 Å². The molecule has 0 fully saturated rings. The zero-order valence-electron chi connectivity index (χ0n) is 18.2. The first-order valence-electron chi connectivity index (χ1n) is 9.83. The number of benzene rings is 1.